The Morgan fingerprint density at radius 1 is 1.23 bits per heavy atom. The van der Waals surface area contributed by atoms with Crippen LogP contribution >= 0.6 is 11.3 Å². The van der Waals surface area contributed by atoms with Gasteiger partial charge in [0.25, 0.3) is 5.91 Å². The first-order valence-electron chi connectivity index (χ1n) is 12.0. The summed E-state index contributed by atoms with van der Waals surface area (Å²) in [5.41, 5.74) is -3.73. The fourth-order valence-electron chi connectivity index (χ4n) is 6.24. The van der Waals surface area contributed by atoms with Crippen LogP contribution in [-0.4, -0.2) is 45.2 Å². The number of aromatic amines is 1. The van der Waals surface area contributed by atoms with Crippen LogP contribution in [0.5, 0.6) is 0 Å². The summed E-state index contributed by atoms with van der Waals surface area (Å²) in [6, 6.07) is 8.92. The normalized spacial score (nSPS) is 29.5. The van der Waals surface area contributed by atoms with E-state index in [9.17, 15) is 27.6 Å². The third-order valence-electron chi connectivity index (χ3n) is 7.93. The summed E-state index contributed by atoms with van der Waals surface area (Å²) in [6.45, 7) is 3.30. The molecule has 9 nitrogen and oxygen atoms in total. The first-order chi connectivity index (χ1) is 18.4. The summed E-state index contributed by atoms with van der Waals surface area (Å²) in [6.07, 6.45) is -4.64. The number of alkyl halides is 3. The number of nitrogens with zero attached hydrogens (tertiary/aromatic N) is 3. The van der Waals surface area contributed by atoms with Gasteiger partial charge in [0.15, 0.2) is 5.69 Å². The monoisotopic (exact) mass is 555 g/mol. The largest absolute Gasteiger partial charge is 0.417 e. The molecule has 1 aromatic carbocycles. The number of anilines is 1. The molecule has 3 amide bonds. The van der Waals surface area contributed by atoms with E-state index in [-0.39, 0.29) is 17.8 Å². The molecule has 0 aliphatic carbocycles. The highest BCUT2D eigenvalue weighted by molar-refractivity contribution is 7.13. The van der Waals surface area contributed by atoms with Gasteiger partial charge in [-0.3, -0.25) is 19.5 Å². The molecule has 3 saturated heterocycles. The predicted molar refractivity (Wildman–Crippen MR) is 131 cm³/mol. The van der Waals surface area contributed by atoms with Crippen LogP contribution in [-0.2, 0) is 20.5 Å². The van der Waals surface area contributed by atoms with Gasteiger partial charge in [-0.1, -0.05) is 6.07 Å². The van der Waals surface area contributed by atoms with E-state index in [0.29, 0.717) is 11.8 Å². The molecule has 6 rings (SSSR count). The SMILES string of the molecule is C[C@]12O[C@](C)(C[C@H]1NC(=O)c1cc(-c3cccs3)[nH]n1)[C@H]1C(=O)N(c3ccc(C#N)c(C(F)(F)F)c3)C(=O)[C@H]12. The molecule has 5 heterocycles. The Bertz CT molecular complexity index is 1580. The molecule has 3 aliphatic rings. The lowest BCUT2D eigenvalue weighted by Crippen LogP contribution is -2.56. The summed E-state index contributed by atoms with van der Waals surface area (Å²) in [5.74, 6) is -3.85. The molecule has 39 heavy (non-hydrogen) atoms. The summed E-state index contributed by atoms with van der Waals surface area (Å²) in [5, 5.41) is 20.8. The maximum absolute atomic E-state index is 13.6. The number of imide groups is 1. The smallest absolute Gasteiger partial charge is 0.365 e. The van der Waals surface area contributed by atoms with Crippen molar-refractivity contribution in [1.29, 1.82) is 5.26 Å². The highest BCUT2D eigenvalue weighted by Gasteiger charge is 2.76. The lowest BCUT2D eigenvalue weighted by Gasteiger charge is -2.35. The highest BCUT2D eigenvalue weighted by Crippen LogP contribution is 2.61. The number of aromatic nitrogens is 2. The fraction of sp³-hybridized carbons (Fsp3) is 0.346. The third-order valence-corrected chi connectivity index (χ3v) is 8.83. The maximum Gasteiger partial charge on any atom is 0.417 e. The zero-order chi connectivity index (χ0) is 27.9. The molecule has 3 fully saturated rings. The van der Waals surface area contributed by atoms with Gasteiger partial charge in [-0.15, -0.1) is 11.3 Å². The van der Waals surface area contributed by atoms with Crippen LogP contribution in [0.25, 0.3) is 10.6 Å². The summed E-state index contributed by atoms with van der Waals surface area (Å²) in [4.78, 5) is 41.9. The zero-order valence-corrected chi connectivity index (χ0v) is 21.3. The number of hydrogen-bond donors (Lipinski definition) is 2. The number of amides is 3. The van der Waals surface area contributed by atoms with Crippen LogP contribution in [0, 0.1) is 23.2 Å². The minimum absolute atomic E-state index is 0.138. The number of benzene rings is 1. The molecule has 200 valence electrons. The molecule has 3 aromatic rings. The molecular weight excluding hydrogens is 535 g/mol. The average Bonchev–Trinajstić information content (AvgIpc) is 3.67. The molecule has 0 unspecified atom stereocenters. The van der Waals surface area contributed by atoms with Crippen LogP contribution in [0.4, 0.5) is 18.9 Å². The molecule has 13 heteroatoms. The molecule has 0 spiro atoms. The highest BCUT2D eigenvalue weighted by atomic mass is 32.1. The van der Waals surface area contributed by atoms with Crippen molar-refractivity contribution in [2.24, 2.45) is 11.8 Å². The van der Waals surface area contributed by atoms with Crippen molar-refractivity contribution < 1.29 is 32.3 Å². The van der Waals surface area contributed by atoms with Gasteiger partial charge >= 0.3 is 6.18 Å². The fourth-order valence-corrected chi connectivity index (χ4v) is 6.93. The van der Waals surface area contributed by atoms with E-state index in [1.807, 2.05) is 17.5 Å². The molecule has 2 bridgehead atoms. The quantitative estimate of drug-likeness (QED) is 0.471. The number of fused-ring (bicyclic) bond motifs is 5. The van der Waals surface area contributed by atoms with E-state index < -0.39 is 64.1 Å². The van der Waals surface area contributed by atoms with E-state index in [4.69, 9.17) is 10.00 Å². The number of thiophene rings is 1. The molecule has 3 aliphatic heterocycles. The van der Waals surface area contributed by atoms with Crippen molar-refractivity contribution in [3.05, 3.63) is 58.6 Å². The average molecular weight is 556 g/mol. The lowest BCUT2D eigenvalue weighted by atomic mass is 9.66. The van der Waals surface area contributed by atoms with Crippen LogP contribution in [0.15, 0.2) is 41.8 Å². The van der Waals surface area contributed by atoms with Gasteiger partial charge in [0.05, 0.1) is 62.5 Å². The number of H-pyrrole nitrogens is 1. The molecule has 2 N–H and O–H groups in total. The molecule has 0 radical (unpaired) electrons. The Morgan fingerprint density at radius 2 is 1.97 bits per heavy atom. The van der Waals surface area contributed by atoms with Gasteiger partial charge in [0.1, 0.15) is 0 Å². The summed E-state index contributed by atoms with van der Waals surface area (Å²) < 4.78 is 46.9. The molecule has 5 atom stereocenters. The van der Waals surface area contributed by atoms with Crippen LogP contribution in [0.1, 0.15) is 41.9 Å². The van der Waals surface area contributed by atoms with Crippen LogP contribution in [0.2, 0.25) is 0 Å². The number of nitrogens with one attached hydrogen (secondary N) is 2. The summed E-state index contributed by atoms with van der Waals surface area (Å²) >= 11 is 1.48. The number of rotatable bonds is 4. The second-order valence-corrected chi connectivity index (χ2v) is 11.2. The van der Waals surface area contributed by atoms with Gasteiger partial charge < -0.3 is 10.1 Å². The van der Waals surface area contributed by atoms with E-state index >= 15 is 0 Å². The number of carbonyl (C=O) groups excluding carboxylic acids is 3. The molecule has 2 aromatic heterocycles. The Morgan fingerprint density at radius 3 is 2.64 bits per heavy atom. The Balaban J connectivity index is 1.29. The van der Waals surface area contributed by atoms with E-state index in [1.165, 1.54) is 17.4 Å². The van der Waals surface area contributed by atoms with Crippen molar-refractivity contribution >= 4 is 34.7 Å². The second kappa shape index (κ2) is 8.24. The van der Waals surface area contributed by atoms with Gasteiger partial charge in [-0.2, -0.15) is 23.5 Å². The van der Waals surface area contributed by atoms with E-state index in [0.717, 1.165) is 21.9 Å². The van der Waals surface area contributed by atoms with Crippen LogP contribution in [0.3, 0.4) is 0 Å². The Kier molecular flexibility index (Phi) is 5.34. The van der Waals surface area contributed by atoms with Gasteiger partial charge in [0, 0.05) is 6.42 Å². The minimum Gasteiger partial charge on any atom is -0.365 e. The zero-order valence-electron chi connectivity index (χ0n) is 20.5. The van der Waals surface area contributed by atoms with Crippen molar-refractivity contribution in [2.45, 2.75) is 43.7 Å². The number of ether oxygens (including phenoxy) is 1. The lowest BCUT2D eigenvalue weighted by molar-refractivity contribution is -0.138. The van der Waals surface area contributed by atoms with Crippen molar-refractivity contribution in [2.75, 3.05) is 4.90 Å². The van der Waals surface area contributed by atoms with Gasteiger partial charge in [-0.25, -0.2) is 4.90 Å². The Hall–Kier alpha value is -4.02. The predicted octanol–water partition coefficient (Wildman–Crippen LogP) is 3.88. The number of hydrogen-bond acceptors (Lipinski definition) is 7. The molecular formula is C26H20F3N5O4S. The summed E-state index contributed by atoms with van der Waals surface area (Å²) in [7, 11) is 0. The van der Waals surface area contributed by atoms with Crippen LogP contribution < -0.4 is 10.2 Å². The first-order valence-corrected chi connectivity index (χ1v) is 12.8. The van der Waals surface area contributed by atoms with Gasteiger partial charge in [0.2, 0.25) is 11.8 Å². The number of carbonyl (C=O) groups is 3. The number of halogens is 3. The third kappa shape index (κ3) is 3.62. The van der Waals surface area contributed by atoms with Crippen molar-refractivity contribution in [3.8, 4) is 16.6 Å². The van der Waals surface area contributed by atoms with E-state index in [2.05, 4.69) is 15.5 Å². The number of nitriles is 1. The topological polar surface area (TPSA) is 128 Å². The first kappa shape index (κ1) is 25.3. The van der Waals surface area contributed by atoms with E-state index in [1.54, 1.807) is 19.9 Å². The van der Waals surface area contributed by atoms with Gasteiger partial charge in [-0.05, 0) is 49.6 Å². The Labute approximate surface area is 223 Å². The second-order valence-electron chi connectivity index (χ2n) is 10.3. The maximum atomic E-state index is 13.6. The minimum atomic E-state index is -4.85. The van der Waals surface area contributed by atoms with Crippen molar-refractivity contribution in [3.63, 3.8) is 0 Å². The standard InChI is InChI=1S/C26H20F3N5O4S/c1-24-10-18(31-21(35)16-9-15(32-33-16)17-4-3-7-39-17)25(2,38-24)20-19(24)22(36)34(23(20)37)13-6-5-12(11-30)14(8-13)26(27,28)29/h3-9,18-20H,10H2,1-2H3,(H,31,35)(H,32,33)/t18-,19-,20+,24-,25+/m1/s1. The molecule has 0 saturated carbocycles. The van der Waals surface area contributed by atoms with Crippen molar-refractivity contribution in [1.82, 2.24) is 15.5 Å².